The van der Waals surface area contributed by atoms with Crippen molar-refractivity contribution in [3.8, 4) is 11.5 Å². The molecule has 8 nitrogen and oxygen atoms in total. The van der Waals surface area contributed by atoms with E-state index in [0.717, 1.165) is 18.7 Å². The van der Waals surface area contributed by atoms with Gasteiger partial charge in [-0.3, -0.25) is 9.59 Å². The maximum absolute atomic E-state index is 13.1. The van der Waals surface area contributed by atoms with Gasteiger partial charge < -0.3 is 24.3 Å². The summed E-state index contributed by atoms with van der Waals surface area (Å²) in [4.78, 5) is 31.3. The third kappa shape index (κ3) is 4.11. The Labute approximate surface area is 164 Å². The molecule has 1 aliphatic heterocycles. The number of hydrogen-bond donors (Lipinski definition) is 1. The van der Waals surface area contributed by atoms with E-state index in [1.165, 1.54) is 14.2 Å². The molecule has 150 valence electrons. The van der Waals surface area contributed by atoms with Crippen LogP contribution in [0.25, 0.3) is 0 Å². The molecule has 2 heterocycles. The van der Waals surface area contributed by atoms with Crippen LogP contribution in [-0.4, -0.2) is 47.0 Å². The van der Waals surface area contributed by atoms with Gasteiger partial charge in [0.05, 0.1) is 26.5 Å². The minimum absolute atomic E-state index is 0.119. The molecule has 0 fully saturated rings. The molecule has 0 bridgehead atoms. The van der Waals surface area contributed by atoms with E-state index in [1.54, 1.807) is 23.2 Å². The molecule has 1 aromatic heterocycles. The second-order valence-corrected chi connectivity index (χ2v) is 6.67. The van der Waals surface area contributed by atoms with Crippen molar-refractivity contribution in [3.63, 3.8) is 0 Å². The molecule has 1 aliphatic rings. The van der Waals surface area contributed by atoms with Crippen LogP contribution in [0.1, 0.15) is 42.4 Å². The van der Waals surface area contributed by atoms with E-state index in [9.17, 15) is 9.59 Å². The number of nitrogens with one attached hydrogen (secondary N) is 1. The van der Waals surface area contributed by atoms with E-state index in [4.69, 9.17) is 9.47 Å². The zero-order chi connectivity index (χ0) is 20.1. The van der Waals surface area contributed by atoms with Crippen LogP contribution < -0.4 is 14.8 Å². The van der Waals surface area contributed by atoms with Gasteiger partial charge in [-0.15, -0.1) is 0 Å². The number of ether oxygens (including phenoxy) is 2. The van der Waals surface area contributed by atoms with Crippen LogP contribution in [0.15, 0.2) is 24.5 Å². The van der Waals surface area contributed by atoms with Crippen molar-refractivity contribution in [2.45, 2.75) is 39.3 Å². The lowest BCUT2D eigenvalue weighted by Crippen LogP contribution is -2.38. The standard InChI is InChI=1S/C20H26N4O4/c1-4-5-6-18(25)22-15-11-14(12-16(27-2)19(15)28-3)20(26)24-10-9-23-8-7-21-17(23)13-24/h7-8,11-12H,4-6,9-10,13H2,1-3H3,(H,22,25). The molecule has 2 amide bonds. The van der Waals surface area contributed by atoms with Gasteiger partial charge in [0.25, 0.3) is 5.91 Å². The Morgan fingerprint density at radius 2 is 2.04 bits per heavy atom. The first-order chi connectivity index (χ1) is 13.6. The molecule has 0 unspecified atom stereocenters. The van der Waals surface area contributed by atoms with E-state index < -0.39 is 0 Å². The molecule has 28 heavy (non-hydrogen) atoms. The summed E-state index contributed by atoms with van der Waals surface area (Å²) in [7, 11) is 3.01. The van der Waals surface area contributed by atoms with Gasteiger partial charge in [-0.1, -0.05) is 13.3 Å². The second-order valence-electron chi connectivity index (χ2n) is 6.67. The number of aromatic nitrogens is 2. The number of imidazole rings is 1. The number of anilines is 1. The number of amides is 2. The summed E-state index contributed by atoms with van der Waals surface area (Å²) >= 11 is 0. The molecule has 0 atom stereocenters. The molecular weight excluding hydrogens is 360 g/mol. The van der Waals surface area contributed by atoms with Crippen molar-refractivity contribution < 1.29 is 19.1 Å². The number of hydrogen-bond acceptors (Lipinski definition) is 5. The quantitative estimate of drug-likeness (QED) is 0.791. The molecule has 2 aromatic rings. The first-order valence-electron chi connectivity index (χ1n) is 9.42. The number of carbonyl (C=O) groups excluding carboxylic acids is 2. The highest BCUT2D eigenvalue weighted by atomic mass is 16.5. The lowest BCUT2D eigenvalue weighted by Gasteiger charge is -2.28. The van der Waals surface area contributed by atoms with E-state index in [2.05, 4.69) is 10.3 Å². The predicted octanol–water partition coefficient (Wildman–Crippen LogP) is 2.69. The fourth-order valence-corrected chi connectivity index (χ4v) is 3.26. The van der Waals surface area contributed by atoms with Crippen molar-refractivity contribution in [1.82, 2.24) is 14.5 Å². The van der Waals surface area contributed by atoms with E-state index >= 15 is 0 Å². The first-order valence-corrected chi connectivity index (χ1v) is 9.42. The van der Waals surface area contributed by atoms with E-state index in [-0.39, 0.29) is 11.8 Å². The molecular formula is C20H26N4O4. The summed E-state index contributed by atoms with van der Waals surface area (Å²) in [6, 6.07) is 3.29. The smallest absolute Gasteiger partial charge is 0.254 e. The summed E-state index contributed by atoms with van der Waals surface area (Å²) in [5, 5.41) is 2.85. The minimum Gasteiger partial charge on any atom is -0.493 e. The average molecular weight is 386 g/mol. The van der Waals surface area contributed by atoms with Gasteiger partial charge in [-0.05, 0) is 18.6 Å². The molecule has 8 heteroatoms. The van der Waals surface area contributed by atoms with Crippen LogP contribution in [-0.2, 0) is 17.9 Å². The van der Waals surface area contributed by atoms with Gasteiger partial charge in [0.2, 0.25) is 5.91 Å². The average Bonchev–Trinajstić information content (AvgIpc) is 3.18. The second kappa shape index (κ2) is 8.77. The number of unbranched alkanes of at least 4 members (excludes halogenated alkanes) is 1. The zero-order valence-corrected chi connectivity index (χ0v) is 16.5. The number of benzene rings is 1. The van der Waals surface area contributed by atoms with Crippen molar-refractivity contribution in [2.75, 3.05) is 26.1 Å². The normalized spacial score (nSPS) is 13.0. The van der Waals surface area contributed by atoms with Gasteiger partial charge in [0.1, 0.15) is 5.82 Å². The highest BCUT2D eigenvalue weighted by Gasteiger charge is 2.25. The number of fused-ring (bicyclic) bond motifs is 1. The molecule has 1 aromatic carbocycles. The maximum atomic E-state index is 13.1. The van der Waals surface area contributed by atoms with Crippen LogP contribution in [0.4, 0.5) is 5.69 Å². The molecule has 0 saturated carbocycles. The van der Waals surface area contributed by atoms with Crippen LogP contribution in [0.3, 0.4) is 0 Å². The number of methoxy groups -OCH3 is 2. The molecule has 0 saturated heterocycles. The van der Waals surface area contributed by atoms with E-state index in [0.29, 0.717) is 48.8 Å². The summed E-state index contributed by atoms with van der Waals surface area (Å²) in [6.45, 7) is 3.77. The molecule has 0 aliphatic carbocycles. The number of carbonyl (C=O) groups is 2. The Bertz CT molecular complexity index is 862. The van der Waals surface area contributed by atoms with Crippen LogP contribution in [0, 0.1) is 0 Å². The van der Waals surface area contributed by atoms with Gasteiger partial charge in [0, 0.05) is 37.5 Å². The van der Waals surface area contributed by atoms with Gasteiger partial charge in [-0.2, -0.15) is 0 Å². The summed E-state index contributed by atoms with van der Waals surface area (Å²) in [6.07, 6.45) is 5.79. The Morgan fingerprint density at radius 1 is 1.21 bits per heavy atom. The lowest BCUT2D eigenvalue weighted by atomic mass is 10.1. The van der Waals surface area contributed by atoms with Crippen LogP contribution >= 0.6 is 0 Å². The number of nitrogens with zero attached hydrogens (tertiary/aromatic N) is 3. The summed E-state index contributed by atoms with van der Waals surface area (Å²) in [5.74, 6) is 1.40. The van der Waals surface area contributed by atoms with Crippen LogP contribution in [0.5, 0.6) is 11.5 Å². The fourth-order valence-electron chi connectivity index (χ4n) is 3.26. The Hall–Kier alpha value is -3.03. The van der Waals surface area contributed by atoms with Crippen LogP contribution in [0.2, 0.25) is 0 Å². The number of rotatable bonds is 7. The fraction of sp³-hybridized carbons (Fsp3) is 0.450. The SMILES string of the molecule is CCCCC(=O)Nc1cc(C(=O)N2CCn3ccnc3C2)cc(OC)c1OC. The Morgan fingerprint density at radius 3 is 2.75 bits per heavy atom. The molecule has 1 N–H and O–H groups in total. The Balaban J connectivity index is 1.87. The van der Waals surface area contributed by atoms with Gasteiger partial charge in [-0.25, -0.2) is 4.98 Å². The third-order valence-electron chi connectivity index (χ3n) is 4.79. The predicted molar refractivity (Wildman–Crippen MR) is 105 cm³/mol. The molecule has 0 radical (unpaired) electrons. The van der Waals surface area contributed by atoms with Crippen molar-refractivity contribution >= 4 is 17.5 Å². The van der Waals surface area contributed by atoms with E-state index in [1.807, 2.05) is 17.7 Å². The minimum atomic E-state index is -0.140. The Kier molecular flexibility index (Phi) is 6.18. The topological polar surface area (TPSA) is 85.7 Å². The lowest BCUT2D eigenvalue weighted by molar-refractivity contribution is -0.116. The zero-order valence-electron chi connectivity index (χ0n) is 16.5. The largest absolute Gasteiger partial charge is 0.493 e. The summed E-state index contributed by atoms with van der Waals surface area (Å²) in [5.41, 5.74) is 0.869. The maximum Gasteiger partial charge on any atom is 0.254 e. The highest BCUT2D eigenvalue weighted by Crippen LogP contribution is 2.37. The van der Waals surface area contributed by atoms with Crippen molar-refractivity contribution in [1.29, 1.82) is 0 Å². The van der Waals surface area contributed by atoms with Gasteiger partial charge in [0.15, 0.2) is 11.5 Å². The summed E-state index contributed by atoms with van der Waals surface area (Å²) < 4.78 is 12.8. The molecule has 0 spiro atoms. The first kappa shape index (κ1) is 19.7. The highest BCUT2D eigenvalue weighted by molar-refractivity contribution is 5.99. The molecule has 3 rings (SSSR count). The van der Waals surface area contributed by atoms with Crippen molar-refractivity contribution in [2.24, 2.45) is 0 Å². The van der Waals surface area contributed by atoms with Gasteiger partial charge >= 0.3 is 0 Å². The van der Waals surface area contributed by atoms with Crippen molar-refractivity contribution in [3.05, 3.63) is 35.9 Å². The monoisotopic (exact) mass is 386 g/mol. The third-order valence-corrected chi connectivity index (χ3v) is 4.79.